The third-order valence-electron chi connectivity index (χ3n) is 2.71. The highest BCUT2D eigenvalue weighted by Gasteiger charge is 2.18. The van der Waals surface area contributed by atoms with Gasteiger partial charge in [0, 0.05) is 10.8 Å². The molecule has 2 aromatic carbocycles. The summed E-state index contributed by atoms with van der Waals surface area (Å²) < 4.78 is 40.8. The van der Waals surface area contributed by atoms with Crippen molar-refractivity contribution in [2.24, 2.45) is 0 Å². The Balaban J connectivity index is 3.13. The standard InChI is InChI=1S/C13H8F3N/c1-3-7-9(14)5-4-8-10(7)6(2)11(15)13(17)12(8)16/h1,4-5H,17H2,2H3. The van der Waals surface area contributed by atoms with Gasteiger partial charge in [-0.05, 0) is 24.6 Å². The first-order chi connectivity index (χ1) is 7.99. The third-order valence-corrected chi connectivity index (χ3v) is 2.71. The van der Waals surface area contributed by atoms with Crippen LogP contribution >= 0.6 is 0 Å². The van der Waals surface area contributed by atoms with Crippen LogP contribution in [0.3, 0.4) is 0 Å². The minimum absolute atomic E-state index is 0.0238. The Morgan fingerprint density at radius 1 is 1.18 bits per heavy atom. The number of aryl methyl sites for hydroxylation is 1. The lowest BCUT2D eigenvalue weighted by Crippen LogP contribution is -2.02. The third kappa shape index (κ3) is 1.43. The van der Waals surface area contributed by atoms with E-state index < -0.39 is 23.1 Å². The zero-order valence-electron chi connectivity index (χ0n) is 8.94. The van der Waals surface area contributed by atoms with Crippen LogP contribution in [0, 0.1) is 36.7 Å². The van der Waals surface area contributed by atoms with Gasteiger partial charge in [-0.15, -0.1) is 6.42 Å². The number of fused-ring (bicyclic) bond motifs is 1. The Morgan fingerprint density at radius 2 is 1.82 bits per heavy atom. The highest BCUT2D eigenvalue weighted by Crippen LogP contribution is 2.32. The lowest BCUT2D eigenvalue weighted by Gasteiger charge is -2.10. The average molecular weight is 235 g/mol. The molecule has 0 atom stereocenters. The molecule has 1 nitrogen and oxygen atoms in total. The van der Waals surface area contributed by atoms with Gasteiger partial charge in [0.1, 0.15) is 11.5 Å². The Hall–Kier alpha value is -2.15. The second-order valence-corrected chi connectivity index (χ2v) is 3.66. The van der Waals surface area contributed by atoms with Gasteiger partial charge < -0.3 is 5.73 Å². The maximum absolute atomic E-state index is 13.7. The van der Waals surface area contributed by atoms with Crippen LogP contribution in [0.25, 0.3) is 10.8 Å². The molecular weight excluding hydrogens is 227 g/mol. The molecule has 0 radical (unpaired) electrons. The van der Waals surface area contributed by atoms with Crippen molar-refractivity contribution in [2.45, 2.75) is 6.92 Å². The Bertz CT molecular complexity index is 669. The molecule has 0 saturated heterocycles. The molecule has 0 unspecified atom stereocenters. The van der Waals surface area contributed by atoms with Crippen LogP contribution < -0.4 is 5.73 Å². The Labute approximate surface area is 96.0 Å². The van der Waals surface area contributed by atoms with Crippen molar-refractivity contribution >= 4 is 16.5 Å². The molecule has 2 aromatic rings. The van der Waals surface area contributed by atoms with E-state index in [9.17, 15) is 13.2 Å². The van der Waals surface area contributed by atoms with Gasteiger partial charge >= 0.3 is 0 Å². The number of nitrogen functional groups attached to an aromatic ring is 1. The van der Waals surface area contributed by atoms with Crippen molar-refractivity contribution in [2.75, 3.05) is 5.73 Å². The van der Waals surface area contributed by atoms with Crippen molar-refractivity contribution in [3.8, 4) is 12.3 Å². The van der Waals surface area contributed by atoms with E-state index in [0.717, 1.165) is 6.07 Å². The maximum atomic E-state index is 13.7. The number of benzene rings is 2. The molecule has 17 heavy (non-hydrogen) atoms. The average Bonchev–Trinajstić information content (AvgIpc) is 2.33. The molecule has 4 heteroatoms. The number of hydrogen-bond acceptors (Lipinski definition) is 1. The van der Waals surface area contributed by atoms with Gasteiger partial charge in [-0.1, -0.05) is 5.92 Å². The van der Waals surface area contributed by atoms with Gasteiger partial charge in [0.2, 0.25) is 0 Å². The van der Waals surface area contributed by atoms with Crippen LogP contribution in [0.4, 0.5) is 18.9 Å². The fourth-order valence-corrected chi connectivity index (χ4v) is 1.84. The number of nitrogens with two attached hydrogens (primary N) is 1. The number of anilines is 1. The topological polar surface area (TPSA) is 26.0 Å². The Morgan fingerprint density at radius 3 is 2.41 bits per heavy atom. The van der Waals surface area contributed by atoms with Crippen LogP contribution in [0.15, 0.2) is 12.1 Å². The highest BCUT2D eigenvalue weighted by molar-refractivity contribution is 5.94. The molecule has 0 aliphatic heterocycles. The maximum Gasteiger partial charge on any atom is 0.156 e. The van der Waals surface area contributed by atoms with Gasteiger partial charge in [-0.3, -0.25) is 0 Å². The zero-order valence-corrected chi connectivity index (χ0v) is 8.94. The molecule has 0 spiro atoms. The summed E-state index contributed by atoms with van der Waals surface area (Å²) in [6, 6.07) is 2.24. The first kappa shape index (κ1) is 11.3. The van der Waals surface area contributed by atoms with E-state index in [0.29, 0.717) is 0 Å². The van der Waals surface area contributed by atoms with Crippen LogP contribution in [-0.4, -0.2) is 0 Å². The molecular formula is C13H8F3N. The van der Waals surface area contributed by atoms with Crippen molar-refractivity contribution in [3.05, 3.63) is 40.7 Å². The lowest BCUT2D eigenvalue weighted by atomic mass is 9.98. The highest BCUT2D eigenvalue weighted by atomic mass is 19.1. The van der Waals surface area contributed by atoms with Crippen LogP contribution in [-0.2, 0) is 0 Å². The van der Waals surface area contributed by atoms with Gasteiger partial charge in [-0.2, -0.15) is 0 Å². The first-order valence-electron chi connectivity index (χ1n) is 4.80. The summed E-state index contributed by atoms with van der Waals surface area (Å²) >= 11 is 0. The first-order valence-corrected chi connectivity index (χ1v) is 4.80. The van der Waals surface area contributed by atoms with E-state index in [-0.39, 0.29) is 21.9 Å². The second kappa shape index (κ2) is 3.70. The molecule has 0 aliphatic rings. The number of rotatable bonds is 0. The monoisotopic (exact) mass is 235 g/mol. The molecule has 0 aromatic heterocycles. The van der Waals surface area contributed by atoms with E-state index in [2.05, 4.69) is 5.92 Å². The van der Waals surface area contributed by atoms with Crippen molar-refractivity contribution in [1.82, 2.24) is 0 Å². The van der Waals surface area contributed by atoms with Gasteiger partial charge in [0.25, 0.3) is 0 Å². The SMILES string of the molecule is C#Cc1c(F)ccc2c(F)c(N)c(F)c(C)c12. The van der Waals surface area contributed by atoms with Gasteiger partial charge in [0.15, 0.2) is 11.6 Å². The lowest BCUT2D eigenvalue weighted by molar-refractivity contribution is 0.593. The number of terminal acetylenes is 1. The van der Waals surface area contributed by atoms with Crippen molar-refractivity contribution in [1.29, 1.82) is 0 Å². The van der Waals surface area contributed by atoms with E-state index in [1.807, 2.05) is 0 Å². The Kier molecular flexibility index (Phi) is 2.47. The quantitative estimate of drug-likeness (QED) is 0.551. The van der Waals surface area contributed by atoms with Crippen LogP contribution in [0.2, 0.25) is 0 Å². The minimum Gasteiger partial charge on any atom is -0.394 e. The fraction of sp³-hybridized carbons (Fsp3) is 0.0769. The summed E-state index contributed by atoms with van der Waals surface area (Å²) in [7, 11) is 0. The predicted octanol–water partition coefficient (Wildman–Crippen LogP) is 3.13. The summed E-state index contributed by atoms with van der Waals surface area (Å²) in [6.45, 7) is 1.38. The second-order valence-electron chi connectivity index (χ2n) is 3.66. The molecule has 2 rings (SSSR count). The van der Waals surface area contributed by atoms with E-state index in [1.165, 1.54) is 13.0 Å². The molecule has 0 aliphatic carbocycles. The van der Waals surface area contributed by atoms with Gasteiger partial charge in [-0.25, -0.2) is 13.2 Å². The van der Waals surface area contributed by atoms with Crippen molar-refractivity contribution in [3.63, 3.8) is 0 Å². The number of halogens is 3. The molecule has 0 heterocycles. The summed E-state index contributed by atoms with van der Waals surface area (Å²) in [5.41, 5.74) is 4.60. The zero-order chi connectivity index (χ0) is 12.7. The fourth-order valence-electron chi connectivity index (χ4n) is 1.84. The molecule has 86 valence electrons. The smallest absolute Gasteiger partial charge is 0.156 e. The number of hydrogen-bond donors (Lipinski definition) is 1. The molecule has 0 fully saturated rings. The summed E-state index contributed by atoms with van der Waals surface area (Å²) in [5.74, 6) is -0.407. The molecule has 0 amide bonds. The summed E-state index contributed by atoms with van der Waals surface area (Å²) in [4.78, 5) is 0. The van der Waals surface area contributed by atoms with Crippen molar-refractivity contribution < 1.29 is 13.2 Å². The molecule has 0 bridgehead atoms. The van der Waals surface area contributed by atoms with E-state index >= 15 is 0 Å². The molecule has 2 N–H and O–H groups in total. The van der Waals surface area contributed by atoms with Crippen LogP contribution in [0.1, 0.15) is 11.1 Å². The van der Waals surface area contributed by atoms with Gasteiger partial charge in [0.05, 0.1) is 5.56 Å². The summed E-state index contributed by atoms with van der Waals surface area (Å²) in [5, 5.41) is 0.0763. The summed E-state index contributed by atoms with van der Waals surface area (Å²) in [6.07, 6.45) is 5.16. The minimum atomic E-state index is -0.917. The largest absolute Gasteiger partial charge is 0.394 e. The predicted molar refractivity (Wildman–Crippen MR) is 60.9 cm³/mol. The van der Waals surface area contributed by atoms with E-state index in [4.69, 9.17) is 12.2 Å². The van der Waals surface area contributed by atoms with E-state index in [1.54, 1.807) is 0 Å². The normalized spacial score (nSPS) is 10.5. The molecule has 0 saturated carbocycles. The van der Waals surface area contributed by atoms with Crippen LogP contribution in [0.5, 0.6) is 0 Å².